The average molecular weight is 261 g/mol. The van der Waals surface area contributed by atoms with Crippen LogP contribution in [0.1, 0.15) is 15.9 Å². The van der Waals surface area contributed by atoms with Gasteiger partial charge >= 0.3 is 0 Å². The summed E-state index contributed by atoms with van der Waals surface area (Å²) in [5.41, 5.74) is 1.51. The van der Waals surface area contributed by atoms with Gasteiger partial charge in [-0.3, -0.25) is 9.78 Å². The van der Waals surface area contributed by atoms with E-state index >= 15 is 0 Å². The Balaban J connectivity index is 2.13. The van der Waals surface area contributed by atoms with Gasteiger partial charge in [-0.05, 0) is 23.8 Å². The van der Waals surface area contributed by atoms with E-state index in [9.17, 15) is 4.79 Å². The third-order valence-electron chi connectivity index (χ3n) is 2.59. The topological polar surface area (TPSA) is 33.2 Å². The van der Waals surface area contributed by atoms with Crippen LogP contribution in [0.2, 0.25) is 5.02 Å². The normalized spacial score (nSPS) is 10.1. The lowest BCUT2D eigenvalue weighted by Gasteiger charge is -2.17. The fraction of sp³-hybridized carbons (Fsp3) is 0.143. The number of benzene rings is 1. The van der Waals surface area contributed by atoms with Crippen LogP contribution in [0.25, 0.3) is 0 Å². The summed E-state index contributed by atoms with van der Waals surface area (Å²) in [7, 11) is 1.75. The maximum Gasteiger partial charge on any atom is 0.255 e. The van der Waals surface area contributed by atoms with Crippen molar-refractivity contribution in [3.63, 3.8) is 0 Å². The van der Waals surface area contributed by atoms with E-state index in [1.807, 2.05) is 12.1 Å². The van der Waals surface area contributed by atoms with Gasteiger partial charge in [-0.15, -0.1) is 0 Å². The van der Waals surface area contributed by atoms with Crippen molar-refractivity contribution in [1.29, 1.82) is 0 Å². The van der Waals surface area contributed by atoms with E-state index in [4.69, 9.17) is 11.6 Å². The molecule has 2 rings (SSSR count). The number of halogens is 1. The molecule has 1 heterocycles. The van der Waals surface area contributed by atoms with Crippen LogP contribution in [0.4, 0.5) is 0 Å². The van der Waals surface area contributed by atoms with E-state index in [-0.39, 0.29) is 5.91 Å². The zero-order chi connectivity index (χ0) is 13.0. The summed E-state index contributed by atoms with van der Waals surface area (Å²) in [4.78, 5) is 17.8. The van der Waals surface area contributed by atoms with E-state index in [0.717, 1.165) is 5.56 Å². The summed E-state index contributed by atoms with van der Waals surface area (Å²) in [5, 5.41) is 0.473. The summed E-state index contributed by atoms with van der Waals surface area (Å²) in [5.74, 6) is -0.0931. The fourth-order valence-corrected chi connectivity index (χ4v) is 1.89. The Labute approximate surface area is 111 Å². The zero-order valence-corrected chi connectivity index (χ0v) is 10.8. The molecule has 0 unspecified atom stereocenters. The van der Waals surface area contributed by atoms with Crippen LogP contribution in [0.5, 0.6) is 0 Å². The molecule has 1 aromatic heterocycles. The first-order valence-corrected chi connectivity index (χ1v) is 5.95. The molecule has 4 heteroatoms. The Kier molecular flexibility index (Phi) is 3.95. The molecule has 0 aliphatic heterocycles. The van der Waals surface area contributed by atoms with Crippen LogP contribution in [-0.4, -0.2) is 22.8 Å². The first-order chi connectivity index (χ1) is 8.68. The molecule has 18 heavy (non-hydrogen) atoms. The minimum Gasteiger partial charge on any atom is -0.337 e. The van der Waals surface area contributed by atoms with E-state index in [1.165, 1.54) is 0 Å². The van der Waals surface area contributed by atoms with Gasteiger partial charge in [-0.2, -0.15) is 0 Å². The number of hydrogen-bond donors (Lipinski definition) is 0. The van der Waals surface area contributed by atoms with Crippen molar-refractivity contribution in [1.82, 2.24) is 9.88 Å². The van der Waals surface area contributed by atoms with Gasteiger partial charge in [0, 0.05) is 26.0 Å². The molecule has 0 N–H and O–H groups in total. The van der Waals surface area contributed by atoms with Crippen LogP contribution < -0.4 is 0 Å². The number of pyridine rings is 1. The largest absolute Gasteiger partial charge is 0.337 e. The molecule has 0 atom stereocenters. The lowest BCUT2D eigenvalue weighted by molar-refractivity contribution is 0.0785. The smallest absolute Gasteiger partial charge is 0.255 e. The number of hydrogen-bond acceptors (Lipinski definition) is 2. The minimum atomic E-state index is -0.0931. The predicted octanol–water partition coefficient (Wildman–Crippen LogP) is 3.01. The van der Waals surface area contributed by atoms with Crippen molar-refractivity contribution in [2.45, 2.75) is 6.54 Å². The second-order valence-electron chi connectivity index (χ2n) is 4.00. The lowest BCUT2D eigenvalue weighted by atomic mass is 10.2. The zero-order valence-electron chi connectivity index (χ0n) is 10.0. The Morgan fingerprint density at radius 1 is 1.28 bits per heavy atom. The first-order valence-electron chi connectivity index (χ1n) is 5.57. The lowest BCUT2D eigenvalue weighted by Crippen LogP contribution is -2.26. The molecule has 0 spiro atoms. The number of rotatable bonds is 3. The Bertz CT molecular complexity index is 543. The van der Waals surface area contributed by atoms with Crippen molar-refractivity contribution in [3.05, 3.63) is 64.9 Å². The van der Waals surface area contributed by atoms with Crippen molar-refractivity contribution >= 4 is 17.5 Å². The van der Waals surface area contributed by atoms with E-state index < -0.39 is 0 Å². The SMILES string of the molecule is CN(Cc1cccnc1)C(=O)c1ccccc1Cl. The van der Waals surface area contributed by atoms with Gasteiger partial charge in [0.2, 0.25) is 0 Å². The second kappa shape index (κ2) is 5.65. The quantitative estimate of drug-likeness (QED) is 0.850. The maximum atomic E-state index is 12.2. The standard InChI is InChI=1S/C14H13ClN2O/c1-17(10-11-5-4-8-16-9-11)14(18)12-6-2-3-7-13(12)15/h2-9H,10H2,1H3. The Morgan fingerprint density at radius 2 is 2.06 bits per heavy atom. The highest BCUT2D eigenvalue weighted by atomic mass is 35.5. The fourth-order valence-electron chi connectivity index (χ4n) is 1.68. The molecule has 3 nitrogen and oxygen atoms in total. The Morgan fingerprint density at radius 3 is 2.72 bits per heavy atom. The molecule has 0 aliphatic carbocycles. The van der Waals surface area contributed by atoms with E-state index in [0.29, 0.717) is 17.1 Å². The van der Waals surface area contributed by atoms with Gasteiger partial charge in [-0.1, -0.05) is 29.8 Å². The number of aromatic nitrogens is 1. The summed E-state index contributed by atoms with van der Waals surface area (Å²) in [6, 6.07) is 10.8. The van der Waals surface area contributed by atoms with Crippen molar-refractivity contribution in [2.75, 3.05) is 7.05 Å². The van der Waals surface area contributed by atoms with Gasteiger partial charge in [-0.25, -0.2) is 0 Å². The number of carbonyl (C=O) groups is 1. The van der Waals surface area contributed by atoms with Crippen LogP contribution in [0.15, 0.2) is 48.8 Å². The van der Waals surface area contributed by atoms with Gasteiger partial charge in [0.25, 0.3) is 5.91 Å². The van der Waals surface area contributed by atoms with Crippen LogP contribution >= 0.6 is 11.6 Å². The van der Waals surface area contributed by atoms with Crippen molar-refractivity contribution in [3.8, 4) is 0 Å². The van der Waals surface area contributed by atoms with Gasteiger partial charge in [0.15, 0.2) is 0 Å². The van der Waals surface area contributed by atoms with Crippen molar-refractivity contribution < 1.29 is 4.79 Å². The molecule has 0 aliphatic rings. The molecule has 92 valence electrons. The monoisotopic (exact) mass is 260 g/mol. The maximum absolute atomic E-state index is 12.2. The highest BCUT2D eigenvalue weighted by Crippen LogP contribution is 2.17. The molecule has 0 fully saturated rings. The second-order valence-corrected chi connectivity index (χ2v) is 4.41. The summed E-state index contributed by atoms with van der Waals surface area (Å²) in [6.07, 6.45) is 3.45. The number of carbonyl (C=O) groups excluding carboxylic acids is 1. The number of amides is 1. The predicted molar refractivity (Wildman–Crippen MR) is 71.5 cm³/mol. The molecule has 0 bridgehead atoms. The highest BCUT2D eigenvalue weighted by Gasteiger charge is 2.14. The van der Waals surface area contributed by atoms with Crippen LogP contribution in [0.3, 0.4) is 0 Å². The van der Waals surface area contributed by atoms with Gasteiger partial charge in [0.1, 0.15) is 0 Å². The molecule has 0 saturated carbocycles. The van der Waals surface area contributed by atoms with Crippen LogP contribution in [0, 0.1) is 0 Å². The average Bonchev–Trinajstić information content (AvgIpc) is 2.39. The van der Waals surface area contributed by atoms with Crippen molar-refractivity contribution in [2.24, 2.45) is 0 Å². The van der Waals surface area contributed by atoms with Gasteiger partial charge < -0.3 is 4.90 Å². The number of nitrogens with zero attached hydrogens (tertiary/aromatic N) is 2. The molecular weight excluding hydrogens is 248 g/mol. The Hall–Kier alpha value is -1.87. The third kappa shape index (κ3) is 2.87. The third-order valence-corrected chi connectivity index (χ3v) is 2.92. The molecule has 1 aromatic carbocycles. The molecule has 0 saturated heterocycles. The first kappa shape index (κ1) is 12.6. The van der Waals surface area contributed by atoms with Crippen LogP contribution in [-0.2, 0) is 6.54 Å². The minimum absolute atomic E-state index is 0.0931. The molecular formula is C14H13ClN2O. The summed E-state index contributed by atoms with van der Waals surface area (Å²) in [6.45, 7) is 0.512. The summed E-state index contributed by atoms with van der Waals surface area (Å²) >= 11 is 6.01. The molecule has 0 radical (unpaired) electrons. The van der Waals surface area contributed by atoms with E-state index in [2.05, 4.69) is 4.98 Å². The van der Waals surface area contributed by atoms with Gasteiger partial charge in [0.05, 0.1) is 10.6 Å². The van der Waals surface area contributed by atoms with E-state index in [1.54, 1.807) is 48.6 Å². The summed E-state index contributed by atoms with van der Waals surface area (Å²) < 4.78 is 0. The highest BCUT2D eigenvalue weighted by molar-refractivity contribution is 6.33. The molecule has 2 aromatic rings. The molecule has 1 amide bonds.